The summed E-state index contributed by atoms with van der Waals surface area (Å²) in [5.74, 6) is 0.483. The fraction of sp³-hybridized carbons (Fsp3) is 0.538. The zero-order valence-electron chi connectivity index (χ0n) is 10.4. The van der Waals surface area contributed by atoms with Crippen LogP contribution in [0.15, 0.2) is 18.2 Å². The van der Waals surface area contributed by atoms with Crippen LogP contribution in [0.5, 0.6) is 5.75 Å². The van der Waals surface area contributed by atoms with Crippen LogP contribution in [-0.4, -0.2) is 35.8 Å². The summed E-state index contributed by atoms with van der Waals surface area (Å²) in [5.41, 5.74) is 2.00. The van der Waals surface area contributed by atoms with Gasteiger partial charge in [-0.15, -0.1) is 0 Å². The lowest BCUT2D eigenvalue weighted by Gasteiger charge is -2.29. The zero-order valence-corrected chi connectivity index (χ0v) is 10.4. The molecule has 3 heteroatoms. The van der Waals surface area contributed by atoms with Crippen molar-refractivity contribution in [2.75, 3.05) is 20.7 Å². The molecule has 0 fully saturated rings. The third kappa shape index (κ3) is 2.74. The van der Waals surface area contributed by atoms with Crippen LogP contribution in [0, 0.1) is 12.8 Å². The molecule has 0 amide bonds. The molecule has 0 aliphatic rings. The van der Waals surface area contributed by atoms with Crippen molar-refractivity contribution in [1.29, 1.82) is 0 Å². The Balaban J connectivity index is 3.06. The van der Waals surface area contributed by atoms with E-state index in [1.54, 1.807) is 6.07 Å². The summed E-state index contributed by atoms with van der Waals surface area (Å²) in [6.07, 6.45) is 0. The van der Waals surface area contributed by atoms with E-state index in [1.807, 2.05) is 40.1 Å². The fourth-order valence-electron chi connectivity index (χ4n) is 2.10. The molecule has 0 spiro atoms. The van der Waals surface area contributed by atoms with E-state index in [2.05, 4.69) is 4.90 Å². The molecule has 0 aliphatic heterocycles. The van der Waals surface area contributed by atoms with Crippen LogP contribution in [0.3, 0.4) is 0 Å². The van der Waals surface area contributed by atoms with E-state index in [1.165, 1.54) is 0 Å². The van der Waals surface area contributed by atoms with Gasteiger partial charge >= 0.3 is 0 Å². The Bertz CT molecular complexity index is 350. The quantitative estimate of drug-likeness (QED) is 0.819. The number of nitrogens with zero attached hydrogens (tertiary/aromatic N) is 1. The van der Waals surface area contributed by atoms with Crippen LogP contribution in [0.25, 0.3) is 0 Å². The van der Waals surface area contributed by atoms with E-state index in [-0.39, 0.29) is 18.6 Å². The second-order valence-electron chi connectivity index (χ2n) is 4.61. The molecule has 0 saturated heterocycles. The first-order valence-electron chi connectivity index (χ1n) is 5.54. The van der Waals surface area contributed by atoms with Gasteiger partial charge in [-0.05, 0) is 44.1 Å². The summed E-state index contributed by atoms with van der Waals surface area (Å²) in [6, 6.07) is 5.78. The Morgan fingerprint density at radius 1 is 1.31 bits per heavy atom. The maximum atomic E-state index is 9.50. The van der Waals surface area contributed by atoms with Crippen molar-refractivity contribution in [2.45, 2.75) is 19.9 Å². The standard InChI is InChI=1S/C13H21NO2/c1-9-7-11(5-6-12(9)16)13(14(3)4)10(2)8-15/h5-7,10,13,15-16H,8H2,1-4H3. The highest BCUT2D eigenvalue weighted by molar-refractivity contribution is 5.36. The number of rotatable bonds is 4. The third-order valence-corrected chi connectivity index (χ3v) is 2.95. The first-order chi connectivity index (χ1) is 7.47. The molecule has 0 radical (unpaired) electrons. The van der Waals surface area contributed by atoms with E-state index in [9.17, 15) is 10.2 Å². The van der Waals surface area contributed by atoms with Crippen LogP contribution < -0.4 is 0 Å². The van der Waals surface area contributed by atoms with Crippen LogP contribution >= 0.6 is 0 Å². The van der Waals surface area contributed by atoms with Crippen LogP contribution in [0.2, 0.25) is 0 Å². The van der Waals surface area contributed by atoms with Gasteiger partial charge in [0.05, 0.1) is 0 Å². The highest BCUT2D eigenvalue weighted by atomic mass is 16.3. The number of aliphatic hydroxyl groups is 1. The van der Waals surface area contributed by atoms with E-state index in [0.717, 1.165) is 11.1 Å². The SMILES string of the molecule is Cc1cc(C(C(C)CO)N(C)C)ccc1O. The minimum Gasteiger partial charge on any atom is -0.508 e. The van der Waals surface area contributed by atoms with E-state index >= 15 is 0 Å². The van der Waals surface area contributed by atoms with Gasteiger partial charge in [-0.2, -0.15) is 0 Å². The summed E-state index contributed by atoms with van der Waals surface area (Å²) in [5, 5.41) is 18.8. The molecule has 2 N–H and O–H groups in total. The van der Waals surface area contributed by atoms with Gasteiger partial charge < -0.3 is 15.1 Å². The molecule has 1 rings (SSSR count). The number of aliphatic hydroxyl groups excluding tert-OH is 1. The summed E-state index contributed by atoms with van der Waals surface area (Å²) in [7, 11) is 4.00. The van der Waals surface area contributed by atoms with Crippen molar-refractivity contribution in [3.05, 3.63) is 29.3 Å². The van der Waals surface area contributed by atoms with Gasteiger partial charge in [0, 0.05) is 12.6 Å². The van der Waals surface area contributed by atoms with Crippen molar-refractivity contribution < 1.29 is 10.2 Å². The minimum absolute atomic E-state index is 0.156. The first-order valence-corrected chi connectivity index (χ1v) is 5.54. The average molecular weight is 223 g/mol. The second kappa shape index (κ2) is 5.32. The van der Waals surface area contributed by atoms with Crippen LogP contribution in [0.1, 0.15) is 24.1 Å². The Hall–Kier alpha value is -1.06. The average Bonchev–Trinajstić information content (AvgIpc) is 2.22. The number of benzene rings is 1. The maximum absolute atomic E-state index is 9.50. The van der Waals surface area contributed by atoms with E-state index in [0.29, 0.717) is 5.75 Å². The monoisotopic (exact) mass is 223 g/mol. The molecule has 3 nitrogen and oxygen atoms in total. The van der Waals surface area contributed by atoms with Gasteiger partial charge in [0.1, 0.15) is 5.75 Å². The van der Waals surface area contributed by atoms with Crippen LogP contribution in [-0.2, 0) is 0 Å². The largest absolute Gasteiger partial charge is 0.508 e. The summed E-state index contributed by atoms with van der Waals surface area (Å²) >= 11 is 0. The number of hydrogen-bond acceptors (Lipinski definition) is 3. The van der Waals surface area contributed by atoms with Crippen molar-refractivity contribution >= 4 is 0 Å². The van der Waals surface area contributed by atoms with E-state index < -0.39 is 0 Å². The van der Waals surface area contributed by atoms with Gasteiger partial charge in [0.15, 0.2) is 0 Å². The molecule has 16 heavy (non-hydrogen) atoms. The number of aromatic hydroxyl groups is 1. The number of phenols is 1. The van der Waals surface area contributed by atoms with Gasteiger partial charge in [-0.3, -0.25) is 0 Å². The Morgan fingerprint density at radius 2 is 1.94 bits per heavy atom. The lowest BCUT2D eigenvalue weighted by atomic mass is 9.93. The highest BCUT2D eigenvalue weighted by Crippen LogP contribution is 2.29. The van der Waals surface area contributed by atoms with E-state index in [4.69, 9.17) is 0 Å². The highest BCUT2D eigenvalue weighted by Gasteiger charge is 2.21. The smallest absolute Gasteiger partial charge is 0.118 e. The summed E-state index contributed by atoms with van der Waals surface area (Å²) in [4.78, 5) is 2.09. The molecule has 0 aromatic heterocycles. The second-order valence-corrected chi connectivity index (χ2v) is 4.61. The number of phenolic OH excluding ortho intramolecular Hbond substituents is 1. The Labute approximate surface area is 97.3 Å². The van der Waals surface area contributed by atoms with Gasteiger partial charge in [0.25, 0.3) is 0 Å². The molecule has 2 atom stereocenters. The summed E-state index contributed by atoms with van der Waals surface area (Å²) < 4.78 is 0. The molecule has 0 bridgehead atoms. The molecule has 1 aromatic rings. The van der Waals surface area contributed by atoms with Gasteiger partial charge in [-0.1, -0.05) is 19.1 Å². The first kappa shape index (κ1) is 13.0. The molecular formula is C13H21NO2. The molecular weight excluding hydrogens is 202 g/mol. The normalized spacial score (nSPS) is 15.1. The predicted molar refractivity (Wildman–Crippen MR) is 65.5 cm³/mol. The van der Waals surface area contributed by atoms with Gasteiger partial charge in [-0.25, -0.2) is 0 Å². The topological polar surface area (TPSA) is 43.7 Å². The third-order valence-electron chi connectivity index (χ3n) is 2.95. The fourth-order valence-corrected chi connectivity index (χ4v) is 2.10. The maximum Gasteiger partial charge on any atom is 0.118 e. The number of hydrogen-bond donors (Lipinski definition) is 2. The van der Waals surface area contributed by atoms with Crippen molar-refractivity contribution in [1.82, 2.24) is 4.90 Å². The van der Waals surface area contributed by atoms with Gasteiger partial charge in [0.2, 0.25) is 0 Å². The number of aryl methyl sites for hydroxylation is 1. The molecule has 2 unspecified atom stereocenters. The van der Waals surface area contributed by atoms with Crippen molar-refractivity contribution in [2.24, 2.45) is 5.92 Å². The Kier molecular flexibility index (Phi) is 4.33. The van der Waals surface area contributed by atoms with Crippen molar-refractivity contribution in [3.63, 3.8) is 0 Å². The zero-order chi connectivity index (χ0) is 12.3. The lowest BCUT2D eigenvalue weighted by Crippen LogP contribution is -2.27. The Morgan fingerprint density at radius 3 is 2.38 bits per heavy atom. The lowest BCUT2D eigenvalue weighted by molar-refractivity contribution is 0.145. The molecule has 1 aromatic carbocycles. The molecule has 0 heterocycles. The van der Waals surface area contributed by atoms with Crippen molar-refractivity contribution in [3.8, 4) is 5.75 Å². The summed E-state index contributed by atoms with van der Waals surface area (Å²) in [6.45, 7) is 4.06. The molecule has 90 valence electrons. The molecule has 0 aliphatic carbocycles. The molecule has 0 saturated carbocycles. The minimum atomic E-state index is 0.156. The predicted octanol–water partition coefficient (Wildman–Crippen LogP) is 1.93. The van der Waals surface area contributed by atoms with Crippen LogP contribution in [0.4, 0.5) is 0 Å².